The van der Waals surface area contributed by atoms with Gasteiger partial charge in [-0.15, -0.1) is 0 Å². The van der Waals surface area contributed by atoms with Crippen LogP contribution in [0.1, 0.15) is 0 Å². The molecule has 1 aromatic carbocycles. The Balaban J connectivity index is 1.58. The number of morpholine rings is 1. The van der Waals surface area contributed by atoms with Crippen molar-refractivity contribution in [1.29, 1.82) is 0 Å². The highest BCUT2D eigenvalue weighted by Gasteiger charge is 2.13. The number of anilines is 1. The first-order valence-electron chi connectivity index (χ1n) is 7.77. The SMILES string of the molecule is Brc1ccc2[nH]c3ncnc(NCCN4CCOCC4)c3c2c1. The second-order valence-electron chi connectivity index (χ2n) is 5.64. The van der Waals surface area contributed by atoms with Crippen molar-refractivity contribution >= 4 is 43.7 Å². The maximum absolute atomic E-state index is 5.38. The quantitative estimate of drug-likeness (QED) is 0.733. The Bertz CT molecular complexity index is 828. The first-order chi connectivity index (χ1) is 11.3. The summed E-state index contributed by atoms with van der Waals surface area (Å²) < 4.78 is 6.43. The molecule has 6 nitrogen and oxygen atoms in total. The Morgan fingerprint density at radius 1 is 1.26 bits per heavy atom. The van der Waals surface area contributed by atoms with E-state index >= 15 is 0 Å². The second-order valence-corrected chi connectivity index (χ2v) is 6.56. The van der Waals surface area contributed by atoms with Gasteiger partial charge in [0.05, 0.1) is 18.6 Å². The summed E-state index contributed by atoms with van der Waals surface area (Å²) in [4.78, 5) is 14.5. The topological polar surface area (TPSA) is 66.1 Å². The fourth-order valence-electron chi connectivity index (χ4n) is 2.99. The molecule has 1 fully saturated rings. The molecule has 0 amide bonds. The minimum Gasteiger partial charge on any atom is -0.379 e. The summed E-state index contributed by atoms with van der Waals surface area (Å²) in [7, 11) is 0. The van der Waals surface area contributed by atoms with E-state index in [-0.39, 0.29) is 0 Å². The number of H-pyrrole nitrogens is 1. The van der Waals surface area contributed by atoms with E-state index in [2.05, 4.69) is 53.2 Å². The molecule has 2 aromatic heterocycles. The zero-order chi connectivity index (χ0) is 15.6. The number of nitrogens with one attached hydrogen (secondary N) is 2. The van der Waals surface area contributed by atoms with Crippen LogP contribution in [0, 0.1) is 0 Å². The van der Waals surface area contributed by atoms with E-state index in [1.54, 1.807) is 6.33 Å². The summed E-state index contributed by atoms with van der Waals surface area (Å²) in [5.74, 6) is 0.882. The zero-order valence-electron chi connectivity index (χ0n) is 12.7. The fraction of sp³-hybridized carbons (Fsp3) is 0.375. The third-order valence-corrected chi connectivity index (χ3v) is 4.67. The molecule has 0 atom stereocenters. The van der Waals surface area contributed by atoms with Crippen LogP contribution in [0.25, 0.3) is 21.9 Å². The van der Waals surface area contributed by atoms with Gasteiger partial charge in [-0.05, 0) is 18.2 Å². The Kier molecular flexibility index (Phi) is 4.15. The van der Waals surface area contributed by atoms with Gasteiger partial charge in [0.25, 0.3) is 0 Å². The number of fused-ring (bicyclic) bond motifs is 3. The van der Waals surface area contributed by atoms with Gasteiger partial charge in [0.1, 0.15) is 17.8 Å². The van der Waals surface area contributed by atoms with Crippen LogP contribution >= 0.6 is 15.9 Å². The first-order valence-corrected chi connectivity index (χ1v) is 8.56. The van der Waals surface area contributed by atoms with Gasteiger partial charge >= 0.3 is 0 Å². The molecule has 120 valence electrons. The van der Waals surface area contributed by atoms with Gasteiger partial charge in [-0.3, -0.25) is 4.90 Å². The number of benzene rings is 1. The number of aromatic nitrogens is 3. The number of aromatic amines is 1. The third kappa shape index (κ3) is 3.04. The van der Waals surface area contributed by atoms with Crippen LogP contribution in [-0.4, -0.2) is 59.2 Å². The van der Waals surface area contributed by atoms with E-state index in [4.69, 9.17) is 4.74 Å². The molecule has 7 heteroatoms. The van der Waals surface area contributed by atoms with Gasteiger partial charge in [-0.1, -0.05) is 15.9 Å². The van der Waals surface area contributed by atoms with Gasteiger partial charge < -0.3 is 15.0 Å². The molecule has 3 aromatic rings. The molecule has 0 unspecified atom stereocenters. The summed E-state index contributed by atoms with van der Waals surface area (Å²) in [5.41, 5.74) is 1.93. The highest BCUT2D eigenvalue weighted by atomic mass is 79.9. The number of halogens is 1. The van der Waals surface area contributed by atoms with E-state index in [1.165, 1.54) is 0 Å². The third-order valence-electron chi connectivity index (χ3n) is 4.18. The highest BCUT2D eigenvalue weighted by Crippen LogP contribution is 2.30. The van der Waals surface area contributed by atoms with E-state index in [9.17, 15) is 0 Å². The van der Waals surface area contributed by atoms with Crippen molar-refractivity contribution in [2.45, 2.75) is 0 Å². The molecule has 1 aliphatic rings. The van der Waals surface area contributed by atoms with Crippen LogP contribution in [0.3, 0.4) is 0 Å². The molecule has 0 spiro atoms. The summed E-state index contributed by atoms with van der Waals surface area (Å²) in [6, 6.07) is 6.18. The molecule has 1 saturated heterocycles. The van der Waals surface area contributed by atoms with Crippen molar-refractivity contribution < 1.29 is 4.74 Å². The summed E-state index contributed by atoms with van der Waals surface area (Å²) >= 11 is 3.54. The number of ether oxygens (including phenoxy) is 1. The van der Waals surface area contributed by atoms with Crippen LogP contribution in [0.5, 0.6) is 0 Å². The van der Waals surface area contributed by atoms with Crippen molar-refractivity contribution in [1.82, 2.24) is 19.9 Å². The number of hydrogen-bond acceptors (Lipinski definition) is 5. The van der Waals surface area contributed by atoms with E-state index in [1.807, 2.05) is 6.07 Å². The molecule has 3 heterocycles. The lowest BCUT2D eigenvalue weighted by Gasteiger charge is -2.26. The maximum Gasteiger partial charge on any atom is 0.143 e. The lowest BCUT2D eigenvalue weighted by molar-refractivity contribution is 0.0398. The van der Waals surface area contributed by atoms with Gasteiger partial charge in [0, 0.05) is 41.6 Å². The van der Waals surface area contributed by atoms with Crippen LogP contribution in [-0.2, 0) is 4.74 Å². The average Bonchev–Trinajstić information content (AvgIpc) is 2.94. The van der Waals surface area contributed by atoms with E-state index < -0.39 is 0 Å². The summed E-state index contributed by atoms with van der Waals surface area (Å²) in [6.07, 6.45) is 1.60. The smallest absolute Gasteiger partial charge is 0.143 e. The van der Waals surface area contributed by atoms with E-state index in [0.717, 1.165) is 71.6 Å². The standard InChI is InChI=1S/C16H18BrN5O/c17-11-1-2-13-12(9-11)14-15(19-10-20-16(14)21-13)18-3-4-22-5-7-23-8-6-22/h1-2,9-10H,3-8H2,(H2,18,19,20,21). The van der Waals surface area contributed by atoms with Crippen molar-refractivity contribution in [2.24, 2.45) is 0 Å². The molecule has 0 saturated carbocycles. The Labute approximate surface area is 142 Å². The molecule has 4 rings (SSSR count). The minimum atomic E-state index is 0.828. The average molecular weight is 376 g/mol. The predicted octanol–water partition coefficient (Wildman–Crippen LogP) is 2.62. The van der Waals surface area contributed by atoms with Crippen LogP contribution in [0.15, 0.2) is 29.0 Å². The first kappa shape index (κ1) is 14.9. The van der Waals surface area contributed by atoms with E-state index in [0.29, 0.717) is 0 Å². The number of hydrogen-bond donors (Lipinski definition) is 2. The molecule has 0 aliphatic carbocycles. The number of rotatable bonds is 4. The van der Waals surface area contributed by atoms with Crippen molar-refractivity contribution in [3.63, 3.8) is 0 Å². The molecule has 1 aliphatic heterocycles. The van der Waals surface area contributed by atoms with Crippen molar-refractivity contribution in [2.75, 3.05) is 44.7 Å². The Hall–Kier alpha value is -1.70. The van der Waals surface area contributed by atoms with Crippen molar-refractivity contribution in [3.05, 3.63) is 29.0 Å². The molecule has 2 N–H and O–H groups in total. The van der Waals surface area contributed by atoms with Crippen LogP contribution in [0.4, 0.5) is 5.82 Å². The number of nitrogens with zero attached hydrogens (tertiary/aromatic N) is 3. The lowest BCUT2D eigenvalue weighted by Crippen LogP contribution is -2.39. The van der Waals surface area contributed by atoms with Gasteiger partial charge in [-0.2, -0.15) is 0 Å². The maximum atomic E-state index is 5.38. The molecule has 23 heavy (non-hydrogen) atoms. The zero-order valence-corrected chi connectivity index (χ0v) is 14.3. The minimum absolute atomic E-state index is 0.828. The van der Waals surface area contributed by atoms with Gasteiger partial charge in [0.15, 0.2) is 0 Å². The normalized spacial score (nSPS) is 16.2. The molecule has 0 bridgehead atoms. The lowest BCUT2D eigenvalue weighted by atomic mass is 10.2. The predicted molar refractivity (Wildman–Crippen MR) is 94.8 cm³/mol. The summed E-state index contributed by atoms with van der Waals surface area (Å²) in [5, 5.41) is 5.64. The van der Waals surface area contributed by atoms with Crippen LogP contribution < -0.4 is 5.32 Å². The Morgan fingerprint density at radius 2 is 2.13 bits per heavy atom. The highest BCUT2D eigenvalue weighted by molar-refractivity contribution is 9.10. The molecular formula is C16H18BrN5O. The fourth-order valence-corrected chi connectivity index (χ4v) is 3.35. The molecule has 0 radical (unpaired) electrons. The molecular weight excluding hydrogens is 358 g/mol. The Morgan fingerprint density at radius 3 is 3.00 bits per heavy atom. The van der Waals surface area contributed by atoms with Gasteiger partial charge in [-0.25, -0.2) is 9.97 Å². The van der Waals surface area contributed by atoms with Crippen LogP contribution in [0.2, 0.25) is 0 Å². The monoisotopic (exact) mass is 375 g/mol. The largest absolute Gasteiger partial charge is 0.379 e. The second kappa shape index (κ2) is 6.43. The van der Waals surface area contributed by atoms with Crippen molar-refractivity contribution in [3.8, 4) is 0 Å². The van der Waals surface area contributed by atoms with Gasteiger partial charge in [0.2, 0.25) is 0 Å². The summed E-state index contributed by atoms with van der Waals surface area (Å²) in [6.45, 7) is 5.50.